The lowest BCUT2D eigenvalue weighted by Gasteiger charge is -2.34. The molecule has 2 saturated heterocycles. The number of rotatable bonds is 4. The monoisotopic (exact) mass is 366 g/mol. The molecule has 0 spiro atoms. The molecule has 1 atom stereocenters. The van der Waals surface area contributed by atoms with Crippen molar-refractivity contribution in [2.75, 3.05) is 50.8 Å². The Morgan fingerprint density at radius 3 is 2.52 bits per heavy atom. The Bertz CT molecular complexity index is 617. The van der Waals surface area contributed by atoms with E-state index in [-0.39, 0.29) is 24.6 Å². The maximum Gasteiger partial charge on any atom is 0.317 e. The van der Waals surface area contributed by atoms with Crippen molar-refractivity contribution in [3.63, 3.8) is 0 Å². The number of aliphatic hydroxyl groups is 1. The molecule has 7 nitrogen and oxygen atoms in total. The van der Waals surface area contributed by atoms with Gasteiger partial charge in [-0.05, 0) is 24.3 Å². The van der Waals surface area contributed by atoms with Crippen molar-refractivity contribution in [1.29, 1.82) is 0 Å². The molecule has 0 aromatic heterocycles. The molecule has 1 aromatic rings. The van der Waals surface area contributed by atoms with E-state index >= 15 is 0 Å². The van der Waals surface area contributed by atoms with Gasteiger partial charge in [0.15, 0.2) is 0 Å². The van der Waals surface area contributed by atoms with Crippen LogP contribution in [0.4, 0.5) is 10.5 Å². The zero-order valence-corrected chi connectivity index (χ0v) is 14.8. The van der Waals surface area contributed by atoms with Gasteiger partial charge in [-0.25, -0.2) is 4.79 Å². The highest BCUT2D eigenvalue weighted by Gasteiger charge is 2.33. The van der Waals surface area contributed by atoms with Crippen LogP contribution in [-0.2, 0) is 4.79 Å². The zero-order chi connectivity index (χ0) is 17.8. The summed E-state index contributed by atoms with van der Waals surface area (Å²) in [4.78, 5) is 30.2. The molecule has 3 amide bonds. The third-order valence-electron chi connectivity index (χ3n) is 4.67. The fraction of sp³-hybridized carbons (Fsp3) is 0.529. The minimum atomic E-state index is -0.189. The molecule has 8 heteroatoms. The van der Waals surface area contributed by atoms with E-state index < -0.39 is 0 Å². The minimum Gasteiger partial charge on any atom is -0.395 e. The van der Waals surface area contributed by atoms with Crippen LogP contribution in [0.5, 0.6) is 0 Å². The van der Waals surface area contributed by atoms with Gasteiger partial charge < -0.3 is 20.2 Å². The average Bonchev–Trinajstić information content (AvgIpc) is 2.97. The van der Waals surface area contributed by atoms with Gasteiger partial charge in [0.1, 0.15) is 0 Å². The van der Waals surface area contributed by atoms with Crippen LogP contribution >= 0.6 is 11.6 Å². The summed E-state index contributed by atoms with van der Waals surface area (Å²) < 4.78 is 0. The molecule has 0 saturated carbocycles. The van der Waals surface area contributed by atoms with Crippen LogP contribution in [0.1, 0.15) is 6.42 Å². The normalized spacial score (nSPS) is 21.7. The maximum absolute atomic E-state index is 12.4. The van der Waals surface area contributed by atoms with Crippen molar-refractivity contribution >= 4 is 29.2 Å². The molecule has 136 valence electrons. The van der Waals surface area contributed by atoms with Crippen LogP contribution < -0.4 is 10.2 Å². The molecule has 2 fully saturated rings. The van der Waals surface area contributed by atoms with Gasteiger partial charge in [-0.15, -0.1) is 0 Å². The van der Waals surface area contributed by atoms with Crippen LogP contribution in [0.25, 0.3) is 0 Å². The highest BCUT2D eigenvalue weighted by Crippen LogP contribution is 2.23. The van der Waals surface area contributed by atoms with Crippen molar-refractivity contribution in [2.24, 2.45) is 0 Å². The molecule has 2 heterocycles. The third kappa shape index (κ3) is 4.42. The number of halogens is 1. The van der Waals surface area contributed by atoms with Gasteiger partial charge in [0, 0.05) is 56.4 Å². The number of hydrogen-bond donors (Lipinski definition) is 2. The third-order valence-corrected chi connectivity index (χ3v) is 4.92. The Hall–Kier alpha value is -1.83. The lowest BCUT2D eigenvalue weighted by molar-refractivity contribution is -0.117. The molecular weight excluding hydrogens is 344 g/mol. The molecule has 0 radical (unpaired) electrons. The van der Waals surface area contributed by atoms with Crippen molar-refractivity contribution < 1.29 is 14.7 Å². The number of anilines is 1. The maximum atomic E-state index is 12.4. The minimum absolute atomic E-state index is 0.000359. The SMILES string of the molecule is O=C(N[C@@H]1CC(=O)N(c2ccc(Cl)cc2)C1)N1CCN(CCO)CC1. The molecule has 0 bridgehead atoms. The topological polar surface area (TPSA) is 76.1 Å². The smallest absolute Gasteiger partial charge is 0.317 e. The average molecular weight is 367 g/mol. The standard InChI is InChI=1S/C17H23ClN4O3/c18-13-1-3-15(4-2-13)22-12-14(11-16(22)24)19-17(25)21-7-5-20(6-8-21)9-10-23/h1-4,14,23H,5-12H2,(H,19,25)/t14-/m1/s1. The Morgan fingerprint density at radius 1 is 1.20 bits per heavy atom. The Labute approximate surface area is 152 Å². The number of piperazine rings is 1. The highest BCUT2D eigenvalue weighted by molar-refractivity contribution is 6.30. The van der Waals surface area contributed by atoms with Gasteiger partial charge in [0.25, 0.3) is 0 Å². The van der Waals surface area contributed by atoms with E-state index in [0.29, 0.717) is 37.6 Å². The molecule has 1 aromatic carbocycles. The quantitative estimate of drug-likeness (QED) is 0.825. The Morgan fingerprint density at radius 2 is 1.88 bits per heavy atom. The summed E-state index contributed by atoms with van der Waals surface area (Å²) in [5.41, 5.74) is 0.795. The molecule has 3 rings (SSSR count). The van der Waals surface area contributed by atoms with Crippen LogP contribution in [0.2, 0.25) is 5.02 Å². The molecule has 25 heavy (non-hydrogen) atoms. The number of carbonyl (C=O) groups is 2. The Kier molecular flexibility index (Phi) is 5.78. The number of nitrogens with zero attached hydrogens (tertiary/aromatic N) is 3. The van der Waals surface area contributed by atoms with E-state index in [9.17, 15) is 9.59 Å². The summed E-state index contributed by atoms with van der Waals surface area (Å²) in [6, 6.07) is 6.81. The fourth-order valence-electron chi connectivity index (χ4n) is 3.26. The zero-order valence-electron chi connectivity index (χ0n) is 14.0. The first-order valence-corrected chi connectivity index (χ1v) is 8.89. The lowest BCUT2D eigenvalue weighted by atomic mass is 10.2. The summed E-state index contributed by atoms with van der Waals surface area (Å²) in [7, 11) is 0. The van der Waals surface area contributed by atoms with Crippen LogP contribution in [0.15, 0.2) is 24.3 Å². The summed E-state index contributed by atoms with van der Waals surface area (Å²) in [6.45, 7) is 4.03. The summed E-state index contributed by atoms with van der Waals surface area (Å²) >= 11 is 5.89. The second kappa shape index (κ2) is 8.03. The second-order valence-electron chi connectivity index (χ2n) is 6.38. The second-order valence-corrected chi connectivity index (χ2v) is 6.82. The van der Waals surface area contributed by atoms with E-state index in [1.165, 1.54) is 0 Å². The fourth-order valence-corrected chi connectivity index (χ4v) is 3.38. The predicted molar refractivity (Wildman–Crippen MR) is 95.8 cm³/mol. The lowest BCUT2D eigenvalue weighted by Crippen LogP contribution is -2.54. The predicted octanol–water partition coefficient (Wildman–Crippen LogP) is 0.765. The van der Waals surface area contributed by atoms with Gasteiger partial charge in [-0.2, -0.15) is 0 Å². The van der Waals surface area contributed by atoms with Crippen molar-refractivity contribution in [3.8, 4) is 0 Å². The number of hydrogen-bond acceptors (Lipinski definition) is 4. The largest absolute Gasteiger partial charge is 0.395 e. The van der Waals surface area contributed by atoms with Crippen LogP contribution in [-0.4, -0.2) is 78.8 Å². The van der Waals surface area contributed by atoms with Crippen molar-refractivity contribution in [3.05, 3.63) is 29.3 Å². The molecule has 2 aliphatic heterocycles. The molecule has 0 unspecified atom stereocenters. The number of nitrogens with one attached hydrogen (secondary N) is 1. The van der Waals surface area contributed by atoms with Gasteiger partial charge in [0.2, 0.25) is 5.91 Å². The number of benzene rings is 1. The molecule has 2 aliphatic rings. The van der Waals surface area contributed by atoms with E-state index in [1.54, 1.807) is 21.9 Å². The first-order valence-electron chi connectivity index (χ1n) is 8.51. The molecule has 2 N–H and O–H groups in total. The molecule has 0 aliphatic carbocycles. The number of amides is 3. The number of aliphatic hydroxyl groups excluding tert-OH is 1. The van der Waals surface area contributed by atoms with E-state index in [4.69, 9.17) is 16.7 Å². The number of carbonyl (C=O) groups excluding carboxylic acids is 2. The van der Waals surface area contributed by atoms with Gasteiger partial charge in [-0.1, -0.05) is 11.6 Å². The molecular formula is C17H23ClN4O3. The summed E-state index contributed by atoms with van der Waals surface area (Å²) in [6.07, 6.45) is 0.304. The Balaban J connectivity index is 1.51. The summed E-state index contributed by atoms with van der Waals surface area (Å²) in [5, 5.41) is 12.6. The van der Waals surface area contributed by atoms with Crippen molar-refractivity contribution in [2.45, 2.75) is 12.5 Å². The van der Waals surface area contributed by atoms with Gasteiger partial charge in [-0.3, -0.25) is 9.69 Å². The van der Waals surface area contributed by atoms with E-state index in [0.717, 1.165) is 18.8 Å². The van der Waals surface area contributed by atoms with Crippen LogP contribution in [0.3, 0.4) is 0 Å². The first-order chi connectivity index (χ1) is 12.1. The number of urea groups is 1. The van der Waals surface area contributed by atoms with Crippen LogP contribution in [0, 0.1) is 0 Å². The van der Waals surface area contributed by atoms with Gasteiger partial charge in [0.05, 0.1) is 12.6 Å². The first kappa shape index (κ1) is 18.0. The summed E-state index contributed by atoms with van der Waals surface area (Å²) in [5.74, 6) is 0.000359. The number of β-amino-alcohol motifs (C(OH)–C–C–N with tert-alkyl or cyclic N) is 1. The van der Waals surface area contributed by atoms with Crippen molar-refractivity contribution in [1.82, 2.24) is 15.1 Å². The highest BCUT2D eigenvalue weighted by atomic mass is 35.5. The van der Waals surface area contributed by atoms with E-state index in [1.807, 2.05) is 12.1 Å². The van der Waals surface area contributed by atoms with Gasteiger partial charge >= 0.3 is 6.03 Å². The van der Waals surface area contributed by atoms with E-state index in [2.05, 4.69) is 10.2 Å².